The van der Waals surface area contributed by atoms with Crippen LogP contribution in [0, 0.1) is 5.92 Å². The Hall–Kier alpha value is -0.860. The molecule has 0 amide bonds. The van der Waals surface area contributed by atoms with Gasteiger partial charge in [-0.3, -0.25) is 4.79 Å². The fourth-order valence-corrected chi connectivity index (χ4v) is 1.31. The second kappa shape index (κ2) is 6.83. The van der Waals surface area contributed by atoms with Crippen LogP contribution in [0.1, 0.15) is 39.0 Å². The maximum absolute atomic E-state index is 10.4. The van der Waals surface area contributed by atoms with E-state index < -0.39 is 5.97 Å². The number of carboxylic acids is 1. The van der Waals surface area contributed by atoms with Gasteiger partial charge < -0.3 is 9.90 Å². The van der Waals surface area contributed by atoms with E-state index in [0.717, 1.165) is 19.1 Å². The van der Waals surface area contributed by atoms with Gasteiger partial charge in [-0.25, -0.2) is 0 Å². The number of rotatable bonds is 7. The van der Waals surface area contributed by atoms with Crippen molar-refractivity contribution in [2.24, 2.45) is 5.92 Å². The van der Waals surface area contributed by atoms with Crippen LogP contribution >= 0.6 is 0 Å². The summed E-state index contributed by atoms with van der Waals surface area (Å²) < 4.78 is 0. The number of carboxylic acid groups (broad SMARTS) is 1. The second-order valence-corrected chi connectivity index (χ2v) is 3.00. The molecular weight excluding hydrogens is 156 g/mol. The molecule has 1 unspecified atom stereocenters. The summed E-state index contributed by atoms with van der Waals surface area (Å²) in [4.78, 5) is 20.4. The predicted octanol–water partition coefficient (Wildman–Crippen LogP) is 1.86. The number of aliphatic carboxylic acids is 1. The number of carbonyl (C=O) groups is 2. The lowest BCUT2D eigenvalue weighted by atomic mass is 9.95. The molecule has 0 rings (SSSR count). The zero-order chi connectivity index (χ0) is 9.40. The first-order chi connectivity index (χ1) is 5.70. The van der Waals surface area contributed by atoms with Crippen LogP contribution in [0.2, 0.25) is 0 Å². The molecule has 0 fully saturated rings. The van der Waals surface area contributed by atoms with Gasteiger partial charge in [0.05, 0.1) is 0 Å². The summed E-state index contributed by atoms with van der Waals surface area (Å²) in [6, 6.07) is 0. The van der Waals surface area contributed by atoms with Gasteiger partial charge in [-0.2, -0.15) is 0 Å². The van der Waals surface area contributed by atoms with Crippen LogP contribution in [0.15, 0.2) is 0 Å². The fraction of sp³-hybridized carbons (Fsp3) is 0.778. The van der Waals surface area contributed by atoms with Gasteiger partial charge in [0.25, 0.3) is 0 Å². The van der Waals surface area contributed by atoms with Gasteiger partial charge in [-0.15, -0.1) is 0 Å². The monoisotopic (exact) mass is 172 g/mol. The topological polar surface area (TPSA) is 54.4 Å². The Bertz CT molecular complexity index is 143. The average molecular weight is 172 g/mol. The van der Waals surface area contributed by atoms with Crippen LogP contribution in [0.4, 0.5) is 0 Å². The normalized spacial score (nSPS) is 12.4. The Morgan fingerprint density at radius 3 is 2.58 bits per heavy atom. The van der Waals surface area contributed by atoms with Crippen molar-refractivity contribution in [3.05, 3.63) is 0 Å². The Balaban J connectivity index is 3.68. The maximum Gasteiger partial charge on any atom is 0.303 e. The molecule has 0 aromatic rings. The zero-order valence-electron chi connectivity index (χ0n) is 7.45. The molecule has 0 bridgehead atoms. The number of carbonyl (C=O) groups excluding carboxylic acids is 1. The highest BCUT2D eigenvalue weighted by Crippen LogP contribution is 2.16. The van der Waals surface area contributed by atoms with Crippen molar-refractivity contribution in [2.75, 3.05) is 0 Å². The Morgan fingerprint density at radius 2 is 2.17 bits per heavy atom. The molecule has 1 atom stereocenters. The average Bonchev–Trinajstić information content (AvgIpc) is 2.00. The van der Waals surface area contributed by atoms with Crippen LogP contribution in [0.25, 0.3) is 0 Å². The van der Waals surface area contributed by atoms with Crippen LogP contribution in [0.5, 0.6) is 0 Å². The van der Waals surface area contributed by atoms with Gasteiger partial charge in [0.2, 0.25) is 0 Å². The van der Waals surface area contributed by atoms with E-state index in [1.165, 1.54) is 0 Å². The van der Waals surface area contributed by atoms with Gasteiger partial charge in [-0.1, -0.05) is 19.8 Å². The fourth-order valence-electron chi connectivity index (χ4n) is 1.31. The first-order valence-corrected chi connectivity index (χ1v) is 4.36. The third kappa shape index (κ3) is 5.89. The molecule has 0 aliphatic rings. The molecule has 0 heterocycles. The Labute approximate surface area is 72.8 Å². The van der Waals surface area contributed by atoms with Crippen LogP contribution in [0.3, 0.4) is 0 Å². The summed E-state index contributed by atoms with van der Waals surface area (Å²) in [5.41, 5.74) is 0. The molecule has 0 aliphatic heterocycles. The van der Waals surface area contributed by atoms with E-state index in [4.69, 9.17) is 5.11 Å². The summed E-state index contributed by atoms with van der Waals surface area (Å²) in [7, 11) is 0. The quantitative estimate of drug-likeness (QED) is 0.596. The lowest BCUT2D eigenvalue weighted by molar-refractivity contribution is -0.138. The van der Waals surface area contributed by atoms with Gasteiger partial charge in [0.15, 0.2) is 0 Å². The van der Waals surface area contributed by atoms with Gasteiger partial charge >= 0.3 is 5.97 Å². The molecule has 0 saturated heterocycles. The standard InChI is InChI=1S/C9H16O3/c1-2-4-8(5-3-6-10)7-9(11)12/h6,8H,2-5,7H2,1H3,(H,11,12). The number of hydrogen-bond donors (Lipinski definition) is 1. The summed E-state index contributed by atoms with van der Waals surface area (Å²) >= 11 is 0. The Morgan fingerprint density at radius 1 is 1.50 bits per heavy atom. The van der Waals surface area contributed by atoms with Gasteiger partial charge in [-0.05, 0) is 12.3 Å². The van der Waals surface area contributed by atoms with Crippen molar-refractivity contribution in [2.45, 2.75) is 39.0 Å². The van der Waals surface area contributed by atoms with Crippen molar-refractivity contribution < 1.29 is 14.7 Å². The minimum Gasteiger partial charge on any atom is -0.481 e. The molecule has 0 spiro atoms. The lowest BCUT2D eigenvalue weighted by Crippen LogP contribution is -2.07. The summed E-state index contributed by atoms with van der Waals surface area (Å²) in [5.74, 6) is -0.586. The van der Waals surface area contributed by atoms with E-state index in [0.29, 0.717) is 12.8 Å². The molecule has 0 saturated carbocycles. The van der Waals surface area contributed by atoms with Crippen LogP contribution < -0.4 is 0 Å². The van der Waals surface area contributed by atoms with E-state index in [1.807, 2.05) is 6.92 Å². The van der Waals surface area contributed by atoms with Crippen LogP contribution in [-0.4, -0.2) is 17.4 Å². The minimum atomic E-state index is -0.764. The van der Waals surface area contributed by atoms with Crippen molar-refractivity contribution in [3.8, 4) is 0 Å². The van der Waals surface area contributed by atoms with Crippen LogP contribution in [-0.2, 0) is 9.59 Å². The molecule has 3 heteroatoms. The predicted molar refractivity (Wildman–Crippen MR) is 45.9 cm³/mol. The summed E-state index contributed by atoms with van der Waals surface area (Å²) in [6.07, 6.45) is 4.13. The lowest BCUT2D eigenvalue weighted by Gasteiger charge is -2.10. The number of aldehydes is 1. The van der Waals surface area contributed by atoms with E-state index in [2.05, 4.69) is 0 Å². The number of hydrogen-bond acceptors (Lipinski definition) is 2. The van der Waals surface area contributed by atoms with Gasteiger partial charge in [0.1, 0.15) is 6.29 Å². The first kappa shape index (κ1) is 11.1. The van der Waals surface area contributed by atoms with Gasteiger partial charge in [0, 0.05) is 12.8 Å². The summed E-state index contributed by atoms with van der Waals surface area (Å²) in [5, 5.41) is 8.52. The van der Waals surface area contributed by atoms with Crippen molar-refractivity contribution >= 4 is 12.3 Å². The first-order valence-electron chi connectivity index (χ1n) is 4.36. The molecule has 0 aliphatic carbocycles. The molecule has 12 heavy (non-hydrogen) atoms. The molecule has 70 valence electrons. The van der Waals surface area contributed by atoms with E-state index in [1.54, 1.807) is 0 Å². The molecule has 0 aromatic heterocycles. The molecular formula is C9H16O3. The van der Waals surface area contributed by atoms with E-state index in [9.17, 15) is 9.59 Å². The zero-order valence-corrected chi connectivity index (χ0v) is 7.45. The highest BCUT2D eigenvalue weighted by atomic mass is 16.4. The largest absolute Gasteiger partial charge is 0.481 e. The molecule has 1 N–H and O–H groups in total. The second-order valence-electron chi connectivity index (χ2n) is 3.00. The van der Waals surface area contributed by atoms with E-state index >= 15 is 0 Å². The third-order valence-corrected chi connectivity index (χ3v) is 1.85. The highest BCUT2D eigenvalue weighted by Gasteiger charge is 2.11. The third-order valence-electron chi connectivity index (χ3n) is 1.85. The van der Waals surface area contributed by atoms with E-state index in [-0.39, 0.29) is 12.3 Å². The van der Waals surface area contributed by atoms with Crippen molar-refractivity contribution in [3.63, 3.8) is 0 Å². The SMILES string of the molecule is CCCC(CCC=O)CC(=O)O. The Kier molecular flexibility index (Phi) is 6.34. The van der Waals surface area contributed by atoms with Crippen molar-refractivity contribution in [1.82, 2.24) is 0 Å². The molecule has 0 aromatic carbocycles. The summed E-state index contributed by atoms with van der Waals surface area (Å²) in [6.45, 7) is 2.02. The maximum atomic E-state index is 10.4. The molecule has 3 nitrogen and oxygen atoms in total. The highest BCUT2D eigenvalue weighted by molar-refractivity contribution is 5.67. The van der Waals surface area contributed by atoms with Crippen molar-refractivity contribution in [1.29, 1.82) is 0 Å². The molecule has 0 radical (unpaired) electrons. The minimum absolute atomic E-state index is 0.178. The smallest absolute Gasteiger partial charge is 0.303 e.